The molecular weight excluding hydrogens is 1250 g/mol. The van der Waals surface area contributed by atoms with Crippen LogP contribution in [0.3, 0.4) is 0 Å². The number of halogens is 4. The van der Waals surface area contributed by atoms with Gasteiger partial charge in [0.25, 0.3) is 5.56 Å². The van der Waals surface area contributed by atoms with Crippen molar-refractivity contribution in [2.75, 3.05) is 70.9 Å². The molecule has 3 saturated heterocycles. The maximum Gasteiger partial charge on any atom is 0.471 e. The molecule has 0 radical (unpaired) electrons. The monoisotopic (exact) mass is 1340 g/mol. The van der Waals surface area contributed by atoms with Gasteiger partial charge >= 0.3 is 31.0 Å². The Balaban J connectivity index is 1.03. The molecule has 4 aromatic rings. The summed E-state index contributed by atoms with van der Waals surface area (Å²) >= 11 is 6.13. The number of amides is 4. The second-order valence-electron chi connectivity index (χ2n) is 26.1. The van der Waals surface area contributed by atoms with Crippen LogP contribution in [0.2, 0.25) is 69.5 Å². The Bertz CT molecular complexity index is 3300. The zero-order valence-electron chi connectivity index (χ0n) is 52.4. The summed E-state index contributed by atoms with van der Waals surface area (Å²) in [5, 5.41) is 16.5. The molecule has 0 saturated carbocycles. The highest BCUT2D eigenvalue weighted by Crippen LogP contribution is 2.56. The first-order chi connectivity index (χ1) is 41.6. The van der Waals surface area contributed by atoms with Gasteiger partial charge < -0.3 is 62.4 Å². The number of rotatable bonds is 25. The Kier molecular flexibility index (Phi) is 21.4. The molecule has 4 aromatic heterocycles. The highest BCUT2D eigenvalue weighted by atomic mass is 32.5. The number of aliphatic hydroxyl groups is 1. The van der Waals surface area contributed by atoms with Crippen LogP contribution in [0.1, 0.15) is 59.4 Å². The molecule has 3 fully saturated rings. The van der Waals surface area contributed by atoms with Gasteiger partial charge in [-0.15, -0.1) is 0 Å². The zero-order chi connectivity index (χ0) is 65.2. The highest BCUT2D eigenvalue weighted by Gasteiger charge is 2.52. The fraction of sp³-hybridized carbons (Fsp3) is 0.717. The van der Waals surface area contributed by atoms with Gasteiger partial charge in [-0.05, 0) is 73.3 Å². The first-order valence-electron chi connectivity index (χ1n) is 29.8. The predicted octanol–water partition coefficient (Wildman–Crippen LogP) is 7.13. The van der Waals surface area contributed by atoms with E-state index < -0.39 is 141 Å². The predicted molar refractivity (Wildman–Crippen MR) is 325 cm³/mol. The van der Waals surface area contributed by atoms with Gasteiger partial charge in [-0.2, -0.15) is 13.2 Å². The van der Waals surface area contributed by atoms with Crippen LogP contribution in [-0.4, -0.2) is 201 Å². The molecule has 4 aliphatic heterocycles. The minimum absolute atomic E-state index is 0.0382. The van der Waals surface area contributed by atoms with Crippen molar-refractivity contribution < 1.29 is 84.9 Å². The van der Waals surface area contributed by atoms with E-state index in [9.17, 15) is 43.6 Å². The lowest BCUT2D eigenvalue weighted by Gasteiger charge is -2.40. The van der Waals surface area contributed by atoms with Crippen LogP contribution in [0.5, 0.6) is 0 Å². The highest BCUT2D eigenvalue weighted by molar-refractivity contribution is 8.07. The summed E-state index contributed by atoms with van der Waals surface area (Å²) in [4.78, 5) is 84.4. The first-order valence-corrected chi connectivity index (χ1v) is 42.1. The number of anilines is 1. The Labute approximate surface area is 516 Å². The molecule has 88 heavy (non-hydrogen) atoms. The number of alkyl halides is 4. The zero-order valence-corrected chi connectivity index (χ0v) is 56.1. The number of ether oxygens (including phenoxy) is 5. The largest absolute Gasteiger partial charge is 0.471 e. The molecule has 4 aliphatic rings. The van der Waals surface area contributed by atoms with E-state index in [0.717, 1.165) is 12.1 Å². The number of hydrogen-bond acceptors (Lipinski definition) is 20. The van der Waals surface area contributed by atoms with Crippen molar-refractivity contribution in [3.63, 3.8) is 0 Å². The number of aliphatic hydroxyl groups excluding tert-OH is 1. The molecule has 0 unspecified atom stereocenters. The first kappa shape index (κ1) is 67.5. The molecular formula is C53H82F4N11O15PSSi3. The number of hydrogen-bond donors (Lipinski definition) is 3. The van der Waals surface area contributed by atoms with Crippen LogP contribution >= 0.6 is 6.72 Å². The third kappa shape index (κ3) is 16.8. The fourth-order valence-corrected chi connectivity index (χ4v) is 14.6. The number of fused-ring (bicyclic) bond motifs is 1. The summed E-state index contributed by atoms with van der Waals surface area (Å²) in [5.74, 6) is -2.37. The third-order valence-electron chi connectivity index (χ3n) is 15.9. The van der Waals surface area contributed by atoms with Crippen molar-refractivity contribution in [3.8, 4) is 0 Å². The van der Waals surface area contributed by atoms with Crippen LogP contribution in [0, 0.1) is 0 Å². The standard InChI is InChI=1S/C53H82F4N11O15PSSi3/c1-52(2,3)88(10,11)83-36-27-78-48(68-31-61-40-45(68)62-30-64(46(40)71)18-19-75-32-63-37(69)24-58-50(73)76-20-22-86(4,5)6)42(36)82-84(85,79-26-34-15-13-16-65(34)49(72)53(55,56)57)80-28-35-41(70)39(54)47(81-35)67-25-33-14-12-17-66(43-38(33)44(67)60-29-59-43)51(74)77-21-23-87(7,8)9/h25,29-31,34-36,39,41-42,47-48,70H,12-24,26-28,32H2,1-11H3,(H,58,73)(H,63,69)/t34-,35-,36-,39-,41-,42-,47-,48-,84-/m1/s1/i27D/t27-,34-,35-,36-,39-,41-,42-,47-,48-,84-. The lowest BCUT2D eigenvalue weighted by Crippen LogP contribution is -2.48. The van der Waals surface area contributed by atoms with Crippen molar-refractivity contribution in [2.24, 2.45) is 0 Å². The van der Waals surface area contributed by atoms with Crippen molar-refractivity contribution in [1.82, 2.24) is 49.2 Å². The second kappa shape index (κ2) is 27.9. The van der Waals surface area contributed by atoms with Crippen molar-refractivity contribution in [3.05, 3.63) is 41.1 Å². The Hall–Kier alpha value is -4.85. The second-order valence-corrected chi connectivity index (χ2v) is 45.0. The van der Waals surface area contributed by atoms with E-state index in [4.69, 9.17) is 53.5 Å². The lowest BCUT2D eigenvalue weighted by atomic mass is 10.1. The minimum atomic E-state index is -5.21. The fourth-order valence-electron chi connectivity index (χ4n) is 9.86. The molecule has 8 rings (SSSR count). The van der Waals surface area contributed by atoms with Crippen LogP contribution in [-0.2, 0) is 76.0 Å². The molecule has 0 aliphatic carbocycles. The van der Waals surface area contributed by atoms with Crippen LogP contribution < -0.4 is 21.1 Å². The van der Waals surface area contributed by atoms with Gasteiger partial charge in [0.2, 0.25) is 5.91 Å². The number of carbonyl (C=O) groups excluding carboxylic acids is 4. The third-order valence-corrected chi connectivity index (χ3v) is 26.1. The van der Waals surface area contributed by atoms with Gasteiger partial charge in [-0.1, -0.05) is 60.1 Å². The number of aromatic nitrogens is 7. The van der Waals surface area contributed by atoms with E-state index in [0.29, 0.717) is 35.2 Å². The molecule has 0 bridgehead atoms. The van der Waals surface area contributed by atoms with E-state index in [-0.39, 0.29) is 81.7 Å². The minimum Gasteiger partial charge on any atom is -0.450 e. The molecule has 4 amide bonds. The molecule has 10 atom stereocenters. The van der Waals surface area contributed by atoms with Crippen molar-refractivity contribution in [2.45, 2.75) is 178 Å². The summed E-state index contributed by atoms with van der Waals surface area (Å²) in [6, 6.07) is 0.353. The Morgan fingerprint density at radius 3 is 2.28 bits per heavy atom. The van der Waals surface area contributed by atoms with Gasteiger partial charge in [0.15, 0.2) is 43.9 Å². The van der Waals surface area contributed by atoms with E-state index in [1.165, 1.54) is 37.6 Å². The van der Waals surface area contributed by atoms with Crippen LogP contribution in [0.25, 0.3) is 22.2 Å². The molecule has 490 valence electrons. The van der Waals surface area contributed by atoms with Gasteiger partial charge in [-0.3, -0.25) is 32.9 Å². The van der Waals surface area contributed by atoms with E-state index in [1.54, 1.807) is 6.20 Å². The van der Waals surface area contributed by atoms with Crippen LogP contribution in [0.4, 0.5) is 33.0 Å². The molecule has 0 aromatic carbocycles. The molecule has 8 heterocycles. The average molecular weight is 1340 g/mol. The molecule has 26 nitrogen and oxygen atoms in total. The van der Waals surface area contributed by atoms with Gasteiger partial charge in [0, 0.05) is 35.4 Å². The van der Waals surface area contributed by atoms with Gasteiger partial charge in [0.1, 0.15) is 49.9 Å². The number of likely N-dealkylation sites (tertiary alicyclic amines) is 1. The molecule has 0 spiro atoms. The summed E-state index contributed by atoms with van der Waals surface area (Å²) in [5.41, 5.74) is 0.0827. The summed E-state index contributed by atoms with van der Waals surface area (Å²) in [6.07, 6.45) is -11.3. The molecule has 3 N–H and O–H groups in total. The SMILES string of the molecule is [2H][C@H]1O[C@@H](n2cnc3c(=O)n(CCOCNC(=O)CNC(=O)OCC[Si](C)(C)C)cnc32)[C@H](O[P@@](=S)(OC[C@H]2CCCN2C(=O)C(F)(F)F)OC[C@H]2O[C@@H](n3cc4c5c(ncnc53)N(C(=O)OCC[Si](C)(C)C)CCC4)[C@H](F)[C@@H]2O)[C@@H]1O[Si](C)(C)C(C)(C)C. The topological polar surface area (TPSA) is 286 Å². The van der Waals surface area contributed by atoms with E-state index in [1.807, 2.05) is 33.9 Å². The number of nitrogens with one attached hydrogen (secondary N) is 2. The molecule has 35 heteroatoms. The lowest BCUT2D eigenvalue weighted by molar-refractivity contribution is -0.186. The average Bonchev–Trinajstić information content (AvgIpc) is 1.65. The van der Waals surface area contributed by atoms with E-state index >= 15 is 4.39 Å². The number of carbonyl (C=O) groups is 4. The van der Waals surface area contributed by atoms with Gasteiger partial charge in [0.05, 0.1) is 71.4 Å². The van der Waals surface area contributed by atoms with E-state index in [2.05, 4.69) is 69.9 Å². The number of alkyl carbamates (subject to hydrolysis) is 1. The normalized spacial score (nSPS) is 24.6. The Morgan fingerprint density at radius 1 is 0.886 bits per heavy atom. The summed E-state index contributed by atoms with van der Waals surface area (Å²) < 4.78 is 127. The number of nitrogens with zero attached hydrogens (tertiary/aromatic N) is 9. The quantitative estimate of drug-likeness (QED) is 0.0195. The number of aryl methyl sites for hydroxylation is 1. The summed E-state index contributed by atoms with van der Waals surface area (Å²) in [6.45, 7) is 15.0. The number of imidazole rings is 1. The van der Waals surface area contributed by atoms with Crippen molar-refractivity contribution in [1.29, 1.82) is 0 Å². The Morgan fingerprint density at radius 2 is 1.59 bits per heavy atom. The van der Waals surface area contributed by atoms with Gasteiger partial charge in [-0.25, -0.2) is 33.9 Å². The maximum atomic E-state index is 16.8. The smallest absolute Gasteiger partial charge is 0.450 e. The van der Waals surface area contributed by atoms with Crippen LogP contribution in [0.15, 0.2) is 30.0 Å². The van der Waals surface area contributed by atoms with Crippen molar-refractivity contribution >= 4 is 95.0 Å². The summed E-state index contributed by atoms with van der Waals surface area (Å²) in [7, 11) is -5.86. The maximum absolute atomic E-state index is 16.8.